The smallest absolute Gasteiger partial charge is 0.321 e. The first-order chi connectivity index (χ1) is 20.1. The number of hydrogen-bond donors (Lipinski definition) is 1. The molecule has 2 aliphatic heterocycles. The molecule has 6 rings (SSSR count). The van der Waals surface area contributed by atoms with Crippen molar-refractivity contribution in [2.45, 2.75) is 69.9 Å². The Morgan fingerprint density at radius 1 is 0.976 bits per heavy atom. The monoisotopic (exact) mass is 560 g/mol. The van der Waals surface area contributed by atoms with E-state index in [0.717, 1.165) is 75.2 Å². The molecule has 2 saturated heterocycles. The van der Waals surface area contributed by atoms with Gasteiger partial charge in [0.2, 0.25) is 0 Å². The minimum Gasteiger partial charge on any atom is -0.480 e. The van der Waals surface area contributed by atoms with Crippen LogP contribution in [0.3, 0.4) is 0 Å². The van der Waals surface area contributed by atoms with Crippen LogP contribution in [0.5, 0.6) is 0 Å². The summed E-state index contributed by atoms with van der Waals surface area (Å²) in [5.41, 5.74) is 3.99. The molecule has 41 heavy (non-hydrogen) atoms. The van der Waals surface area contributed by atoms with Gasteiger partial charge in [-0.05, 0) is 96.5 Å². The Morgan fingerprint density at radius 3 is 2.54 bits per heavy atom. The molecule has 3 unspecified atom stereocenters. The van der Waals surface area contributed by atoms with E-state index in [1.165, 1.54) is 37.7 Å². The van der Waals surface area contributed by atoms with Gasteiger partial charge in [0.1, 0.15) is 17.1 Å². The Balaban J connectivity index is 1.00. The highest BCUT2D eigenvalue weighted by atomic mass is 16.6. The summed E-state index contributed by atoms with van der Waals surface area (Å²) < 4.78 is 10.8. The lowest BCUT2D eigenvalue weighted by Gasteiger charge is -2.35. The number of hydrogen-bond acceptors (Lipinski definition) is 7. The maximum Gasteiger partial charge on any atom is 0.321 e. The zero-order chi connectivity index (χ0) is 28.0. The molecular formula is C33H44N4O4. The molecule has 1 N–H and O–H groups in total. The summed E-state index contributed by atoms with van der Waals surface area (Å²) in [4.78, 5) is 17.5. The summed E-state index contributed by atoms with van der Waals surface area (Å²) in [5, 5.41) is 18.1. The lowest BCUT2D eigenvalue weighted by atomic mass is 9.83. The average molecular weight is 561 g/mol. The number of carbonyl (C=O) groups is 1. The lowest BCUT2D eigenvalue weighted by molar-refractivity contribution is -0.145. The number of fused-ring (bicyclic) bond motifs is 1. The third-order valence-corrected chi connectivity index (χ3v) is 9.90. The lowest BCUT2D eigenvalue weighted by Crippen LogP contribution is -2.46. The van der Waals surface area contributed by atoms with Gasteiger partial charge >= 0.3 is 5.97 Å². The van der Waals surface area contributed by atoms with Crippen molar-refractivity contribution < 1.29 is 19.3 Å². The fraction of sp³-hybridized carbons (Fsp3) is 0.606. The molecule has 3 atom stereocenters. The second-order valence-electron chi connectivity index (χ2n) is 12.6. The zero-order valence-electron chi connectivity index (χ0n) is 24.1. The second-order valence-corrected chi connectivity index (χ2v) is 12.6. The van der Waals surface area contributed by atoms with Crippen LogP contribution in [0.25, 0.3) is 11.0 Å². The van der Waals surface area contributed by atoms with Crippen LogP contribution in [-0.2, 0) is 16.1 Å². The SMILES string of the molecule is O=C(O)C(C1CCCCC1)N1CC(CN2CCC(CCOCc3ccc4nonc4c3)CC2)C(c2ccccc2)C1. The van der Waals surface area contributed by atoms with Crippen LogP contribution in [0.2, 0.25) is 0 Å². The number of benzene rings is 2. The number of aliphatic carboxylic acids is 1. The molecule has 8 heteroatoms. The summed E-state index contributed by atoms with van der Waals surface area (Å²) in [5.74, 6) is 1.21. The first-order valence-corrected chi connectivity index (χ1v) is 15.7. The molecule has 2 aromatic carbocycles. The third kappa shape index (κ3) is 6.99. The van der Waals surface area contributed by atoms with Gasteiger partial charge in [0.15, 0.2) is 0 Å². The van der Waals surface area contributed by atoms with Crippen molar-refractivity contribution in [2.24, 2.45) is 17.8 Å². The molecule has 3 heterocycles. The standard InChI is InChI=1S/C33H44N4O4/c38-33(39)32(27-9-5-2-6-10-27)37-21-28(29(22-37)26-7-3-1-4-8-26)20-36-16-13-24(14-17-36)15-18-40-23-25-11-12-30-31(19-25)35-41-34-30/h1,3-4,7-8,11-12,19,24,27-29,32H,2,5-6,9-10,13-18,20-23H2,(H,38,39). The van der Waals surface area contributed by atoms with Crippen LogP contribution < -0.4 is 0 Å². The van der Waals surface area contributed by atoms with Gasteiger partial charge in [-0.2, -0.15) is 0 Å². The van der Waals surface area contributed by atoms with Crippen LogP contribution in [0, 0.1) is 17.8 Å². The van der Waals surface area contributed by atoms with E-state index in [0.29, 0.717) is 24.4 Å². The predicted molar refractivity (Wildman–Crippen MR) is 157 cm³/mol. The van der Waals surface area contributed by atoms with Gasteiger partial charge in [0.25, 0.3) is 0 Å². The predicted octanol–water partition coefficient (Wildman–Crippen LogP) is 5.59. The number of nitrogens with zero attached hydrogens (tertiary/aromatic N) is 4. The van der Waals surface area contributed by atoms with E-state index in [1.54, 1.807) is 0 Å². The van der Waals surface area contributed by atoms with E-state index in [9.17, 15) is 9.90 Å². The van der Waals surface area contributed by atoms with E-state index >= 15 is 0 Å². The summed E-state index contributed by atoms with van der Waals surface area (Å²) in [6, 6.07) is 16.4. The molecule has 220 valence electrons. The molecule has 3 aliphatic rings. The molecule has 0 bridgehead atoms. The Kier molecular flexibility index (Phi) is 9.29. The second kappa shape index (κ2) is 13.4. The quantitative estimate of drug-likeness (QED) is 0.304. The first kappa shape index (κ1) is 28.3. The van der Waals surface area contributed by atoms with E-state index in [4.69, 9.17) is 9.37 Å². The van der Waals surface area contributed by atoms with Gasteiger partial charge in [-0.25, -0.2) is 4.63 Å². The fourth-order valence-corrected chi connectivity index (χ4v) is 7.65. The largest absolute Gasteiger partial charge is 0.480 e. The molecule has 3 fully saturated rings. The Hall–Kier alpha value is -2.81. The van der Waals surface area contributed by atoms with Crippen molar-refractivity contribution >= 4 is 17.0 Å². The Morgan fingerprint density at radius 2 is 1.76 bits per heavy atom. The van der Waals surface area contributed by atoms with Crippen molar-refractivity contribution in [3.63, 3.8) is 0 Å². The van der Waals surface area contributed by atoms with Crippen LogP contribution in [0.1, 0.15) is 68.4 Å². The topological polar surface area (TPSA) is 91.9 Å². The molecule has 0 radical (unpaired) electrons. The number of carboxylic acids is 1. The fourth-order valence-electron chi connectivity index (χ4n) is 7.65. The minimum atomic E-state index is -0.622. The summed E-state index contributed by atoms with van der Waals surface area (Å²) in [6.07, 6.45) is 9.19. The number of rotatable bonds is 11. The van der Waals surface area contributed by atoms with Crippen LogP contribution in [0.15, 0.2) is 53.2 Å². The highest BCUT2D eigenvalue weighted by Gasteiger charge is 2.43. The average Bonchev–Trinajstić information content (AvgIpc) is 3.64. The Bertz CT molecular complexity index is 1250. The molecule has 1 saturated carbocycles. The van der Waals surface area contributed by atoms with Gasteiger partial charge in [-0.15, -0.1) is 0 Å². The number of carboxylic acid groups (broad SMARTS) is 1. The number of likely N-dealkylation sites (tertiary alicyclic amines) is 2. The highest BCUT2D eigenvalue weighted by molar-refractivity contribution is 5.74. The van der Waals surface area contributed by atoms with E-state index in [-0.39, 0.29) is 12.0 Å². The summed E-state index contributed by atoms with van der Waals surface area (Å²) >= 11 is 0. The molecule has 1 aliphatic carbocycles. The minimum absolute atomic E-state index is 0.289. The van der Waals surface area contributed by atoms with E-state index in [1.807, 2.05) is 18.2 Å². The molecule has 1 aromatic heterocycles. The molecule has 0 amide bonds. The van der Waals surface area contributed by atoms with Crippen molar-refractivity contribution in [2.75, 3.05) is 39.3 Å². The third-order valence-electron chi connectivity index (χ3n) is 9.90. The van der Waals surface area contributed by atoms with Crippen LogP contribution in [0.4, 0.5) is 0 Å². The van der Waals surface area contributed by atoms with Crippen molar-refractivity contribution in [1.82, 2.24) is 20.1 Å². The van der Waals surface area contributed by atoms with Crippen molar-refractivity contribution in [3.8, 4) is 0 Å². The number of ether oxygens (including phenoxy) is 1. The zero-order valence-corrected chi connectivity index (χ0v) is 24.1. The maximum absolute atomic E-state index is 12.5. The van der Waals surface area contributed by atoms with Gasteiger partial charge < -0.3 is 14.7 Å². The highest BCUT2D eigenvalue weighted by Crippen LogP contribution is 2.38. The number of aromatic nitrogens is 2. The number of piperidine rings is 1. The van der Waals surface area contributed by atoms with E-state index < -0.39 is 5.97 Å². The van der Waals surface area contributed by atoms with Crippen molar-refractivity contribution in [1.29, 1.82) is 0 Å². The first-order valence-electron chi connectivity index (χ1n) is 15.7. The van der Waals surface area contributed by atoms with Gasteiger partial charge in [-0.3, -0.25) is 9.69 Å². The van der Waals surface area contributed by atoms with Crippen molar-refractivity contribution in [3.05, 3.63) is 59.7 Å². The maximum atomic E-state index is 12.5. The summed E-state index contributed by atoms with van der Waals surface area (Å²) in [7, 11) is 0. The molecule has 3 aromatic rings. The van der Waals surface area contributed by atoms with Crippen LogP contribution >= 0.6 is 0 Å². The van der Waals surface area contributed by atoms with Gasteiger partial charge in [0.05, 0.1) is 6.61 Å². The summed E-state index contributed by atoms with van der Waals surface area (Å²) in [6.45, 7) is 6.37. The van der Waals surface area contributed by atoms with E-state index in [2.05, 4.69) is 50.4 Å². The molecular weight excluding hydrogens is 516 g/mol. The molecule has 8 nitrogen and oxygen atoms in total. The van der Waals surface area contributed by atoms with Gasteiger partial charge in [0, 0.05) is 32.2 Å². The Labute approximate surface area is 243 Å². The van der Waals surface area contributed by atoms with Crippen LogP contribution in [-0.4, -0.2) is 76.6 Å². The normalized spacial score (nSPS) is 24.2. The van der Waals surface area contributed by atoms with Gasteiger partial charge in [-0.1, -0.05) is 55.7 Å². The molecule has 0 spiro atoms.